The van der Waals surface area contributed by atoms with Gasteiger partial charge in [-0.25, -0.2) is 0 Å². The second kappa shape index (κ2) is 10.4. The van der Waals surface area contributed by atoms with Crippen molar-refractivity contribution in [1.29, 1.82) is 0 Å². The Morgan fingerprint density at radius 1 is 1.29 bits per heavy atom. The van der Waals surface area contributed by atoms with E-state index in [1.54, 1.807) is 25.4 Å². The third-order valence-electron chi connectivity index (χ3n) is 5.91. The summed E-state index contributed by atoms with van der Waals surface area (Å²) >= 11 is 0. The number of carbonyl (C=O) groups excluding carboxylic acids is 2. The molecule has 2 aromatic rings. The molecule has 0 aliphatic heterocycles. The molecule has 2 amide bonds. The molecule has 2 aromatic heterocycles. The highest BCUT2D eigenvalue weighted by molar-refractivity contribution is 5.79. The Bertz CT molecular complexity index is 947. The van der Waals surface area contributed by atoms with Gasteiger partial charge in [0.05, 0.1) is 17.8 Å². The Balaban J connectivity index is 1.54. The van der Waals surface area contributed by atoms with E-state index in [1.165, 1.54) is 10.6 Å². The first-order chi connectivity index (χ1) is 14.9. The van der Waals surface area contributed by atoms with Gasteiger partial charge in [-0.05, 0) is 39.2 Å². The van der Waals surface area contributed by atoms with Gasteiger partial charge in [0.25, 0.3) is 5.56 Å². The molecule has 168 valence electrons. The molecule has 0 unspecified atom stereocenters. The Morgan fingerprint density at radius 2 is 2.10 bits per heavy atom. The Morgan fingerprint density at radius 3 is 2.77 bits per heavy atom. The molecule has 0 spiro atoms. The molecule has 9 nitrogen and oxygen atoms in total. The van der Waals surface area contributed by atoms with Crippen LogP contribution >= 0.6 is 0 Å². The number of carbonyl (C=O) groups is 2. The van der Waals surface area contributed by atoms with E-state index in [0.29, 0.717) is 38.1 Å². The fourth-order valence-electron chi connectivity index (χ4n) is 4.04. The average molecular weight is 431 g/mol. The second-order valence-corrected chi connectivity index (χ2v) is 7.96. The zero-order chi connectivity index (χ0) is 22.4. The van der Waals surface area contributed by atoms with E-state index >= 15 is 0 Å². The van der Waals surface area contributed by atoms with Crippen LogP contribution in [0.15, 0.2) is 33.7 Å². The standard InChI is InChI=1S/C22H30N4O5/c1-14-17(15(2)31-25-14)13-23-22(29)16-7-8-19(30-3)18(12-16)24-20(27)9-11-26-10-5-4-6-21(26)28/h4-6,10,16,18-19H,7-9,11-13H2,1-3H3,(H,23,29)(H,24,27)/t16-,18+,19+/m0/s1. The zero-order valence-electron chi connectivity index (χ0n) is 18.2. The van der Waals surface area contributed by atoms with Crippen LogP contribution < -0.4 is 16.2 Å². The van der Waals surface area contributed by atoms with Crippen molar-refractivity contribution in [2.75, 3.05) is 7.11 Å². The monoisotopic (exact) mass is 430 g/mol. The first-order valence-electron chi connectivity index (χ1n) is 10.6. The SMILES string of the molecule is CO[C@@H]1CC[C@H](C(=O)NCc2c(C)noc2C)C[C@H]1NC(=O)CCn1ccccc1=O. The minimum absolute atomic E-state index is 0.0513. The summed E-state index contributed by atoms with van der Waals surface area (Å²) in [5.74, 6) is 0.265. The third kappa shape index (κ3) is 5.81. The van der Waals surface area contributed by atoms with Crippen molar-refractivity contribution in [2.24, 2.45) is 5.92 Å². The molecule has 3 rings (SSSR count). The molecule has 0 radical (unpaired) electrons. The van der Waals surface area contributed by atoms with E-state index in [1.807, 2.05) is 13.8 Å². The average Bonchev–Trinajstić information content (AvgIpc) is 3.08. The molecule has 1 saturated carbocycles. The molecule has 0 bridgehead atoms. The number of aryl methyl sites for hydroxylation is 3. The van der Waals surface area contributed by atoms with E-state index in [2.05, 4.69) is 15.8 Å². The minimum Gasteiger partial charge on any atom is -0.379 e. The Hall–Kier alpha value is -2.94. The van der Waals surface area contributed by atoms with Crippen molar-refractivity contribution in [3.8, 4) is 0 Å². The number of hydrogen-bond donors (Lipinski definition) is 2. The number of ether oxygens (including phenoxy) is 1. The van der Waals surface area contributed by atoms with Gasteiger partial charge in [-0.3, -0.25) is 14.4 Å². The van der Waals surface area contributed by atoms with Gasteiger partial charge >= 0.3 is 0 Å². The molecule has 2 heterocycles. The molecule has 0 saturated heterocycles. The zero-order valence-corrected chi connectivity index (χ0v) is 18.2. The summed E-state index contributed by atoms with van der Waals surface area (Å²) in [6, 6.07) is 4.63. The quantitative estimate of drug-likeness (QED) is 0.655. The number of pyridine rings is 1. The first kappa shape index (κ1) is 22.7. The molecular formula is C22H30N4O5. The topological polar surface area (TPSA) is 115 Å². The predicted molar refractivity (Wildman–Crippen MR) is 113 cm³/mol. The molecule has 9 heteroatoms. The molecular weight excluding hydrogens is 400 g/mol. The van der Waals surface area contributed by atoms with Crippen LogP contribution in [0.3, 0.4) is 0 Å². The van der Waals surface area contributed by atoms with Crippen molar-refractivity contribution in [1.82, 2.24) is 20.4 Å². The normalized spacial score (nSPS) is 20.9. The van der Waals surface area contributed by atoms with Crippen molar-refractivity contribution in [3.05, 3.63) is 51.8 Å². The van der Waals surface area contributed by atoms with Crippen LogP contribution in [0.1, 0.15) is 42.7 Å². The van der Waals surface area contributed by atoms with Crippen LogP contribution in [0.2, 0.25) is 0 Å². The first-order valence-corrected chi connectivity index (χ1v) is 10.6. The summed E-state index contributed by atoms with van der Waals surface area (Å²) in [4.78, 5) is 37.0. The smallest absolute Gasteiger partial charge is 0.250 e. The summed E-state index contributed by atoms with van der Waals surface area (Å²) in [5, 5.41) is 9.87. The van der Waals surface area contributed by atoms with Gasteiger partial charge in [0.2, 0.25) is 11.8 Å². The lowest BCUT2D eigenvalue weighted by Crippen LogP contribution is -2.50. The Kier molecular flexibility index (Phi) is 7.62. The number of aromatic nitrogens is 2. The number of methoxy groups -OCH3 is 1. The molecule has 3 atom stereocenters. The summed E-state index contributed by atoms with van der Waals surface area (Å²) in [6.07, 6.45) is 3.58. The van der Waals surface area contributed by atoms with Crippen molar-refractivity contribution >= 4 is 11.8 Å². The van der Waals surface area contributed by atoms with Gasteiger partial charge in [-0.1, -0.05) is 11.2 Å². The fraction of sp³-hybridized carbons (Fsp3) is 0.545. The van der Waals surface area contributed by atoms with E-state index in [0.717, 1.165) is 11.3 Å². The number of nitrogens with one attached hydrogen (secondary N) is 2. The van der Waals surface area contributed by atoms with Crippen molar-refractivity contribution in [2.45, 2.75) is 64.8 Å². The van der Waals surface area contributed by atoms with Gasteiger partial charge in [0.1, 0.15) is 5.76 Å². The maximum atomic E-state index is 12.7. The van der Waals surface area contributed by atoms with Crippen LogP contribution in [0.25, 0.3) is 0 Å². The maximum absolute atomic E-state index is 12.7. The minimum atomic E-state index is -0.256. The highest BCUT2D eigenvalue weighted by Crippen LogP contribution is 2.27. The second-order valence-electron chi connectivity index (χ2n) is 7.96. The number of hydrogen-bond acceptors (Lipinski definition) is 6. The van der Waals surface area contributed by atoms with E-state index < -0.39 is 0 Å². The molecule has 2 N–H and O–H groups in total. The third-order valence-corrected chi connectivity index (χ3v) is 5.91. The van der Waals surface area contributed by atoms with Crippen molar-refractivity contribution in [3.63, 3.8) is 0 Å². The predicted octanol–water partition coefficient (Wildman–Crippen LogP) is 1.46. The van der Waals surface area contributed by atoms with E-state index in [-0.39, 0.29) is 41.9 Å². The van der Waals surface area contributed by atoms with Gasteiger partial charge in [-0.15, -0.1) is 0 Å². The fourth-order valence-corrected chi connectivity index (χ4v) is 4.04. The summed E-state index contributed by atoms with van der Waals surface area (Å²) in [5.41, 5.74) is 1.52. The summed E-state index contributed by atoms with van der Waals surface area (Å²) in [6.45, 7) is 4.33. The van der Waals surface area contributed by atoms with Crippen LogP contribution in [0, 0.1) is 19.8 Å². The van der Waals surface area contributed by atoms with Crippen LogP contribution in [-0.4, -0.2) is 40.8 Å². The maximum Gasteiger partial charge on any atom is 0.250 e. The molecule has 1 fully saturated rings. The van der Waals surface area contributed by atoms with Crippen molar-refractivity contribution < 1.29 is 18.8 Å². The van der Waals surface area contributed by atoms with Gasteiger partial charge in [0.15, 0.2) is 0 Å². The molecule has 0 aromatic carbocycles. The number of amides is 2. The molecule has 1 aliphatic carbocycles. The lowest BCUT2D eigenvalue weighted by atomic mass is 9.83. The highest BCUT2D eigenvalue weighted by atomic mass is 16.5. The summed E-state index contributed by atoms with van der Waals surface area (Å²) < 4.78 is 12.2. The number of rotatable bonds is 8. The lowest BCUT2D eigenvalue weighted by Gasteiger charge is -2.35. The summed E-state index contributed by atoms with van der Waals surface area (Å²) in [7, 11) is 1.62. The molecule has 31 heavy (non-hydrogen) atoms. The molecule has 1 aliphatic rings. The van der Waals surface area contributed by atoms with E-state index in [9.17, 15) is 14.4 Å². The van der Waals surface area contributed by atoms with Gasteiger partial charge < -0.3 is 24.5 Å². The van der Waals surface area contributed by atoms with Crippen LogP contribution in [-0.2, 0) is 27.4 Å². The van der Waals surface area contributed by atoms with Crippen LogP contribution in [0.4, 0.5) is 0 Å². The van der Waals surface area contributed by atoms with E-state index in [4.69, 9.17) is 9.26 Å². The van der Waals surface area contributed by atoms with Gasteiger partial charge in [-0.2, -0.15) is 0 Å². The van der Waals surface area contributed by atoms with Gasteiger partial charge in [0, 0.05) is 50.4 Å². The van der Waals surface area contributed by atoms with Crippen LogP contribution in [0.5, 0.6) is 0 Å². The highest BCUT2D eigenvalue weighted by Gasteiger charge is 2.35. The number of nitrogens with zero attached hydrogens (tertiary/aromatic N) is 2. The Labute approximate surface area is 181 Å². The largest absolute Gasteiger partial charge is 0.379 e. The lowest BCUT2D eigenvalue weighted by molar-refractivity contribution is -0.130.